The Bertz CT molecular complexity index is 423. The molecule has 0 radical (unpaired) electrons. The van der Waals surface area contributed by atoms with Crippen LogP contribution < -0.4 is 4.74 Å². The van der Waals surface area contributed by atoms with Gasteiger partial charge in [-0.15, -0.1) is 11.6 Å². The molecular formula is C16H21ClO3. The molecule has 20 heavy (non-hydrogen) atoms. The van der Waals surface area contributed by atoms with E-state index >= 15 is 0 Å². The third-order valence-corrected chi connectivity index (χ3v) is 2.61. The predicted molar refractivity (Wildman–Crippen MR) is 81.5 cm³/mol. The molecule has 1 rings (SSSR count). The van der Waals surface area contributed by atoms with Crippen LogP contribution in [0.1, 0.15) is 18.4 Å². The molecule has 0 fully saturated rings. The second-order valence-corrected chi connectivity index (χ2v) is 4.45. The summed E-state index contributed by atoms with van der Waals surface area (Å²) < 4.78 is 15.9. The first-order chi connectivity index (χ1) is 9.86. The lowest BCUT2D eigenvalue weighted by Gasteiger charge is -2.07. The van der Waals surface area contributed by atoms with Crippen molar-refractivity contribution < 1.29 is 14.2 Å². The van der Waals surface area contributed by atoms with E-state index in [1.807, 2.05) is 24.3 Å². The minimum Gasteiger partial charge on any atom is -0.493 e. The van der Waals surface area contributed by atoms with Crippen LogP contribution in [0.5, 0.6) is 5.75 Å². The molecular weight excluding hydrogens is 276 g/mol. The lowest BCUT2D eigenvalue weighted by Crippen LogP contribution is -2.06. The zero-order valence-corrected chi connectivity index (χ0v) is 12.6. The summed E-state index contributed by atoms with van der Waals surface area (Å²) in [5.41, 5.74) is 0.948. The molecule has 0 heterocycles. The van der Waals surface area contributed by atoms with Gasteiger partial charge in [-0.1, -0.05) is 17.9 Å². The summed E-state index contributed by atoms with van der Waals surface area (Å²) in [6.07, 6.45) is 1.55. The molecule has 0 saturated carbocycles. The van der Waals surface area contributed by atoms with Gasteiger partial charge in [-0.2, -0.15) is 0 Å². The lowest BCUT2D eigenvalue weighted by molar-refractivity contribution is 0.0644. The largest absolute Gasteiger partial charge is 0.493 e. The van der Waals surface area contributed by atoms with Crippen LogP contribution >= 0.6 is 11.6 Å². The molecule has 1 aromatic rings. The number of alkyl halides is 1. The number of rotatable bonds is 9. The van der Waals surface area contributed by atoms with Gasteiger partial charge in [0.05, 0.1) is 19.8 Å². The molecule has 0 amide bonds. The standard InChI is InChI=1S/C16H21ClO3/c1-18-12-13-19-10-5-11-20-16-8-4-7-15(14-16)6-2-3-9-17/h4,7-8,14H,3,5,9-13H2,1H3. The first kappa shape index (κ1) is 16.8. The highest BCUT2D eigenvalue weighted by atomic mass is 35.5. The average molecular weight is 297 g/mol. The highest BCUT2D eigenvalue weighted by Crippen LogP contribution is 2.12. The number of hydrogen-bond donors (Lipinski definition) is 0. The molecule has 4 heteroatoms. The van der Waals surface area contributed by atoms with Gasteiger partial charge in [0.15, 0.2) is 0 Å². The number of hydrogen-bond acceptors (Lipinski definition) is 3. The zero-order valence-electron chi connectivity index (χ0n) is 11.9. The van der Waals surface area contributed by atoms with E-state index in [4.69, 9.17) is 25.8 Å². The quantitative estimate of drug-likeness (QED) is 0.398. The maximum absolute atomic E-state index is 5.65. The summed E-state index contributed by atoms with van der Waals surface area (Å²) in [5.74, 6) is 7.46. The van der Waals surface area contributed by atoms with Gasteiger partial charge in [0.25, 0.3) is 0 Å². The van der Waals surface area contributed by atoms with Crippen molar-refractivity contribution in [3.63, 3.8) is 0 Å². The van der Waals surface area contributed by atoms with Crippen LogP contribution in [0.4, 0.5) is 0 Å². The molecule has 0 aromatic heterocycles. The van der Waals surface area contributed by atoms with Crippen molar-refractivity contribution >= 4 is 11.6 Å². The Balaban J connectivity index is 2.23. The van der Waals surface area contributed by atoms with Crippen molar-refractivity contribution in [2.24, 2.45) is 0 Å². The molecule has 0 saturated heterocycles. The molecule has 0 bridgehead atoms. The fraction of sp³-hybridized carbons (Fsp3) is 0.500. The van der Waals surface area contributed by atoms with Crippen molar-refractivity contribution in [2.75, 3.05) is 39.4 Å². The third-order valence-electron chi connectivity index (χ3n) is 2.42. The van der Waals surface area contributed by atoms with Gasteiger partial charge in [0, 0.05) is 38.0 Å². The Hall–Kier alpha value is -1.21. The Morgan fingerprint density at radius 1 is 1.15 bits per heavy atom. The predicted octanol–water partition coefficient (Wildman–Crippen LogP) is 3.10. The Morgan fingerprint density at radius 2 is 2.05 bits per heavy atom. The van der Waals surface area contributed by atoms with E-state index in [-0.39, 0.29) is 0 Å². The summed E-state index contributed by atoms with van der Waals surface area (Å²) in [6.45, 7) is 2.57. The third kappa shape index (κ3) is 8.06. The van der Waals surface area contributed by atoms with Gasteiger partial charge in [0.2, 0.25) is 0 Å². The van der Waals surface area contributed by atoms with E-state index in [9.17, 15) is 0 Å². The van der Waals surface area contributed by atoms with Crippen LogP contribution in [-0.4, -0.2) is 39.4 Å². The van der Waals surface area contributed by atoms with Gasteiger partial charge in [-0.25, -0.2) is 0 Å². The highest BCUT2D eigenvalue weighted by molar-refractivity contribution is 6.18. The minimum atomic E-state index is 0.562. The van der Waals surface area contributed by atoms with E-state index in [2.05, 4.69) is 11.8 Å². The van der Waals surface area contributed by atoms with Crippen LogP contribution in [0.25, 0.3) is 0 Å². The van der Waals surface area contributed by atoms with Gasteiger partial charge < -0.3 is 14.2 Å². The Kier molecular flexibility index (Phi) is 9.77. The minimum absolute atomic E-state index is 0.562. The topological polar surface area (TPSA) is 27.7 Å². The molecule has 0 unspecified atom stereocenters. The second kappa shape index (κ2) is 11.6. The van der Waals surface area contributed by atoms with Crippen molar-refractivity contribution in [1.29, 1.82) is 0 Å². The van der Waals surface area contributed by atoms with E-state index in [1.165, 1.54) is 0 Å². The first-order valence-electron chi connectivity index (χ1n) is 6.71. The number of ether oxygens (including phenoxy) is 3. The van der Waals surface area contributed by atoms with Crippen LogP contribution in [0.3, 0.4) is 0 Å². The molecule has 0 aliphatic carbocycles. The first-order valence-corrected chi connectivity index (χ1v) is 7.24. The molecule has 0 aliphatic heterocycles. The van der Waals surface area contributed by atoms with E-state index in [0.29, 0.717) is 38.7 Å². The highest BCUT2D eigenvalue weighted by Gasteiger charge is 1.95. The zero-order chi connectivity index (χ0) is 14.5. The summed E-state index contributed by atoms with van der Waals surface area (Å²) in [4.78, 5) is 0. The molecule has 0 spiro atoms. The van der Waals surface area contributed by atoms with Crippen molar-refractivity contribution in [3.05, 3.63) is 29.8 Å². The molecule has 110 valence electrons. The van der Waals surface area contributed by atoms with Crippen LogP contribution in [0.15, 0.2) is 24.3 Å². The summed E-state index contributed by atoms with van der Waals surface area (Å²) in [5, 5.41) is 0. The van der Waals surface area contributed by atoms with Crippen molar-refractivity contribution in [2.45, 2.75) is 12.8 Å². The second-order valence-electron chi connectivity index (χ2n) is 4.08. The van der Waals surface area contributed by atoms with Crippen LogP contribution in [-0.2, 0) is 9.47 Å². The SMILES string of the molecule is COCCOCCCOc1cccc(C#CCCCl)c1. The Labute approximate surface area is 126 Å². The summed E-state index contributed by atoms with van der Waals surface area (Å²) in [6, 6.07) is 7.77. The Morgan fingerprint density at radius 3 is 2.85 bits per heavy atom. The number of methoxy groups -OCH3 is 1. The van der Waals surface area contributed by atoms with E-state index in [0.717, 1.165) is 17.7 Å². The molecule has 3 nitrogen and oxygen atoms in total. The van der Waals surface area contributed by atoms with Crippen molar-refractivity contribution in [3.8, 4) is 17.6 Å². The lowest BCUT2D eigenvalue weighted by atomic mass is 10.2. The normalized spacial score (nSPS) is 9.90. The van der Waals surface area contributed by atoms with Crippen molar-refractivity contribution in [1.82, 2.24) is 0 Å². The fourth-order valence-electron chi connectivity index (χ4n) is 1.47. The van der Waals surface area contributed by atoms with E-state index in [1.54, 1.807) is 7.11 Å². The van der Waals surface area contributed by atoms with Crippen LogP contribution in [0, 0.1) is 11.8 Å². The summed E-state index contributed by atoms with van der Waals surface area (Å²) >= 11 is 5.58. The number of benzene rings is 1. The van der Waals surface area contributed by atoms with E-state index < -0.39 is 0 Å². The fourth-order valence-corrected chi connectivity index (χ4v) is 1.57. The van der Waals surface area contributed by atoms with Crippen LogP contribution in [0.2, 0.25) is 0 Å². The molecule has 0 N–H and O–H groups in total. The molecule has 1 aromatic carbocycles. The van der Waals surface area contributed by atoms with Gasteiger partial charge >= 0.3 is 0 Å². The van der Waals surface area contributed by atoms with Gasteiger partial charge in [-0.3, -0.25) is 0 Å². The maximum Gasteiger partial charge on any atom is 0.120 e. The van der Waals surface area contributed by atoms with Gasteiger partial charge in [-0.05, 0) is 18.2 Å². The molecule has 0 atom stereocenters. The average Bonchev–Trinajstić information content (AvgIpc) is 2.47. The smallest absolute Gasteiger partial charge is 0.120 e. The summed E-state index contributed by atoms with van der Waals surface area (Å²) in [7, 11) is 1.66. The monoisotopic (exact) mass is 296 g/mol. The number of halogens is 1. The molecule has 0 aliphatic rings. The maximum atomic E-state index is 5.65. The van der Waals surface area contributed by atoms with Gasteiger partial charge in [0.1, 0.15) is 5.75 Å².